The lowest BCUT2D eigenvalue weighted by atomic mass is 9.95. The predicted octanol–water partition coefficient (Wildman–Crippen LogP) is 1.50. The van der Waals surface area contributed by atoms with Crippen molar-refractivity contribution in [1.82, 2.24) is 4.72 Å². The molecule has 2 N–H and O–H groups in total. The van der Waals surface area contributed by atoms with Crippen LogP contribution < -0.4 is 10.0 Å². The zero-order valence-corrected chi connectivity index (χ0v) is 12.7. The third-order valence-corrected chi connectivity index (χ3v) is 3.83. The Morgan fingerprint density at radius 1 is 1.05 bits per heavy atom. The highest BCUT2D eigenvalue weighted by Gasteiger charge is 2.21. The maximum atomic E-state index is 11.8. The quantitative estimate of drug-likeness (QED) is 0.884. The van der Waals surface area contributed by atoms with Crippen LogP contribution in [0.3, 0.4) is 0 Å². The summed E-state index contributed by atoms with van der Waals surface area (Å²) in [6.45, 7) is 6.45. The lowest BCUT2D eigenvalue weighted by Crippen LogP contribution is -2.28. The van der Waals surface area contributed by atoms with E-state index in [9.17, 15) is 18.0 Å². The van der Waals surface area contributed by atoms with Crippen LogP contribution in [0.25, 0.3) is 0 Å². The number of benzene rings is 1. The smallest absolute Gasteiger partial charge is 0.264 e. The van der Waals surface area contributed by atoms with E-state index in [4.69, 9.17) is 0 Å². The van der Waals surface area contributed by atoms with E-state index in [2.05, 4.69) is 5.32 Å². The molecular formula is C13H18N2O4S. The van der Waals surface area contributed by atoms with Crippen molar-refractivity contribution in [1.29, 1.82) is 0 Å². The zero-order chi connectivity index (χ0) is 15.6. The van der Waals surface area contributed by atoms with Gasteiger partial charge in [-0.3, -0.25) is 9.59 Å². The van der Waals surface area contributed by atoms with Crippen molar-refractivity contribution >= 4 is 27.5 Å². The van der Waals surface area contributed by atoms with Gasteiger partial charge in [-0.1, -0.05) is 20.8 Å². The number of sulfonamides is 1. The molecule has 1 aromatic carbocycles. The number of nitrogens with one attached hydrogen (secondary N) is 2. The molecule has 0 aliphatic rings. The molecule has 7 heteroatoms. The highest BCUT2D eigenvalue weighted by molar-refractivity contribution is 7.90. The van der Waals surface area contributed by atoms with Crippen molar-refractivity contribution in [2.24, 2.45) is 5.41 Å². The summed E-state index contributed by atoms with van der Waals surface area (Å²) in [6, 6.07) is 5.59. The highest BCUT2D eigenvalue weighted by Crippen LogP contribution is 2.19. The Morgan fingerprint density at radius 3 is 1.95 bits per heavy atom. The van der Waals surface area contributed by atoms with Crippen molar-refractivity contribution in [3.63, 3.8) is 0 Å². The molecule has 0 heterocycles. The molecule has 0 radical (unpaired) electrons. The largest absolute Gasteiger partial charge is 0.326 e. The van der Waals surface area contributed by atoms with E-state index in [0.717, 1.165) is 6.92 Å². The lowest BCUT2D eigenvalue weighted by Gasteiger charge is -2.17. The predicted molar refractivity (Wildman–Crippen MR) is 75.5 cm³/mol. The van der Waals surface area contributed by atoms with Crippen molar-refractivity contribution < 1.29 is 18.0 Å². The molecule has 1 rings (SSSR count). The number of hydrogen-bond donors (Lipinski definition) is 2. The fraction of sp³-hybridized carbons (Fsp3) is 0.385. The molecule has 0 spiro atoms. The van der Waals surface area contributed by atoms with Gasteiger partial charge in [0, 0.05) is 18.0 Å². The van der Waals surface area contributed by atoms with Gasteiger partial charge in [-0.05, 0) is 24.3 Å². The van der Waals surface area contributed by atoms with Crippen LogP contribution in [0.2, 0.25) is 0 Å². The molecule has 0 unspecified atom stereocenters. The Bertz CT molecular complexity index is 613. The average Bonchev–Trinajstić information content (AvgIpc) is 2.26. The van der Waals surface area contributed by atoms with Crippen molar-refractivity contribution in [2.75, 3.05) is 5.32 Å². The van der Waals surface area contributed by atoms with Gasteiger partial charge in [0.25, 0.3) is 10.0 Å². The van der Waals surface area contributed by atoms with Crippen LogP contribution in [0.1, 0.15) is 27.7 Å². The fourth-order valence-corrected chi connectivity index (χ4v) is 2.27. The first kappa shape index (κ1) is 16.2. The standard InChI is InChI=1S/C13H18N2O4S/c1-9(16)15-20(18,19)11-7-5-10(6-8-11)14-12(17)13(2,3)4/h5-8H,1-4H3,(H,14,17)(H,15,16). The monoisotopic (exact) mass is 298 g/mol. The molecule has 6 nitrogen and oxygen atoms in total. The second-order valence-electron chi connectivity index (χ2n) is 5.39. The number of anilines is 1. The number of carbonyl (C=O) groups is 2. The number of amides is 2. The molecule has 0 atom stereocenters. The van der Waals surface area contributed by atoms with Crippen LogP contribution in [0.5, 0.6) is 0 Å². The van der Waals surface area contributed by atoms with Crippen LogP contribution in [-0.2, 0) is 19.6 Å². The minimum absolute atomic E-state index is 0.0403. The molecule has 2 amide bonds. The summed E-state index contributed by atoms with van der Waals surface area (Å²) < 4.78 is 25.3. The Balaban J connectivity index is 2.90. The SMILES string of the molecule is CC(=O)NS(=O)(=O)c1ccc(NC(=O)C(C)(C)C)cc1. The summed E-state index contributed by atoms with van der Waals surface area (Å²) in [5.74, 6) is -0.829. The number of carbonyl (C=O) groups excluding carboxylic acids is 2. The van der Waals surface area contributed by atoms with Crippen LogP contribution in [-0.4, -0.2) is 20.2 Å². The minimum atomic E-state index is -3.85. The van der Waals surface area contributed by atoms with E-state index in [1.54, 1.807) is 20.8 Å². The van der Waals surface area contributed by atoms with Crippen LogP contribution in [0.15, 0.2) is 29.2 Å². The van der Waals surface area contributed by atoms with Gasteiger partial charge in [0.15, 0.2) is 0 Å². The second kappa shape index (κ2) is 5.62. The zero-order valence-electron chi connectivity index (χ0n) is 11.9. The van der Waals surface area contributed by atoms with Crippen LogP contribution >= 0.6 is 0 Å². The molecule has 0 aliphatic carbocycles. The van der Waals surface area contributed by atoms with E-state index in [1.165, 1.54) is 24.3 Å². The Morgan fingerprint density at radius 2 is 1.55 bits per heavy atom. The summed E-state index contributed by atoms with van der Waals surface area (Å²) in [5.41, 5.74) is -0.0484. The van der Waals surface area contributed by atoms with Crippen molar-refractivity contribution in [2.45, 2.75) is 32.6 Å². The molecule has 0 saturated carbocycles. The Hall–Kier alpha value is -1.89. The summed E-state index contributed by atoms with van der Waals surface area (Å²) >= 11 is 0. The molecule has 110 valence electrons. The van der Waals surface area contributed by atoms with Gasteiger partial charge in [-0.2, -0.15) is 0 Å². The first-order valence-electron chi connectivity index (χ1n) is 5.97. The maximum absolute atomic E-state index is 11.8. The maximum Gasteiger partial charge on any atom is 0.264 e. The van der Waals surface area contributed by atoms with Crippen LogP contribution in [0.4, 0.5) is 5.69 Å². The Labute approximate surface area is 118 Å². The molecule has 20 heavy (non-hydrogen) atoms. The average molecular weight is 298 g/mol. The third kappa shape index (κ3) is 4.34. The third-order valence-electron chi connectivity index (χ3n) is 2.38. The van der Waals surface area contributed by atoms with E-state index in [-0.39, 0.29) is 10.8 Å². The van der Waals surface area contributed by atoms with Gasteiger partial charge in [0.2, 0.25) is 11.8 Å². The van der Waals surface area contributed by atoms with Gasteiger partial charge in [0.05, 0.1) is 4.90 Å². The lowest BCUT2D eigenvalue weighted by molar-refractivity contribution is -0.123. The molecule has 0 aromatic heterocycles. The van der Waals surface area contributed by atoms with Gasteiger partial charge < -0.3 is 5.32 Å². The van der Waals surface area contributed by atoms with Crippen LogP contribution in [0, 0.1) is 5.41 Å². The Kier molecular flexibility index (Phi) is 4.54. The first-order chi connectivity index (χ1) is 9.02. The van der Waals surface area contributed by atoms with Gasteiger partial charge in [-0.15, -0.1) is 0 Å². The summed E-state index contributed by atoms with van der Waals surface area (Å²) in [6.07, 6.45) is 0. The second-order valence-corrected chi connectivity index (χ2v) is 7.07. The topological polar surface area (TPSA) is 92.3 Å². The van der Waals surface area contributed by atoms with E-state index in [1.807, 2.05) is 4.72 Å². The van der Waals surface area contributed by atoms with Crippen molar-refractivity contribution in [3.8, 4) is 0 Å². The molecule has 1 aromatic rings. The van der Waals surface area contributed by atoms with Gasteiger partial charge in [0.1, 0.15) is 0 Å². The van der Waals surface area contributed by atoms with Gasteiger partial charge in [-0.25, -0.2) is 13.1 Å². The molecular weight excluding hydrogens is 280 g/mol. The summed E-state index contributed by atoms with van der Waals surface area (Å²) in [7, 11) is -3.85. The fourth-order valence-electron chi connectivity index (χ4n) is 1.28. The van der Waals surface area contributed by atoms with Crippen molar-refractivity contribution in [3.05, 3.63) is 24.3 Å². The van der Waals surface area contributed by atoms with E-state index in [0.29, 0.717) is 5.69 Å². The van der Waals surface area contributed by atoms with Gasteiger partial charge >= 0.3 is 0 Å². The summed E-state index contributed by atoms with van der Waals surface area (Å²) in [4.78, 5) is 22.5. The molecule has 0 aliphatic heterocycles. The minimum Gasteiger partial charge on any atom is -0.326 e. The number of rotatable bonds is 3. The first-order valence-corrected chi connectivity index (χ1v) is 7.45. The summed E-state index contributed by atoms with van der Waals surface area (Å²) in [5, 5.41) is 2.68. The number of hydrogen-bond acceptors (Lipinski definition) is 4. The highest BCUT2D eigenvalue weighted by atomic mass is 32.2. The molecule has 0 saturated heterocycles. The molecule has 0 fully saturated rings. The molecule has 0 bridgehead atoms. The normalized spacial score (nSPS) is 11.8. The van der Waals surface area contributed by atoms with E-state index < -0.39 is 21.3 Å². The van der Waals surface area contributed by atoms with E-state index >= 15 is 0 Å².